The Hall–Kier alpha value is -0.650. The summed E-state index contributed by atoms with van der Waals surface area (Å²) >= 11 is 0. The zero-order chi connectivity index (χ0) is 11.8. The number of nitrogens with two attached hydrogens (primary N) is 1. The van der Waals surface area contributed by atoms with Gasteiger partial charge in [-0.2, -0.15) is 0 Å². The molecular weight excluding hydrogens is 206 g/mol. The molecular formula is C11H23N3O2. The van der Waals surface area contributed by atoms with Crippen LogP contribution >= 0.6 is 0 Å². The summed E-state index contributed by atoms with van der Waals surface area (Å²) in [4.78, 5) is 10.9. The molecule has 0 spiro atoms. The van der Waals surface area contributed by atoms with Crippen LogP contribution < -0.4 is 16.5 Å². The van der Waals surface area contributed by atoms with Gasteiger partial charge in [-0.05, 0) is 32.2 Å². The van der Waals surface area contributed by atoms with Crippen molar-refractivity contribution in [1.29, 1.82) is 0 Å². The first-order valence-electron chi connectivity index (χ1n) is 6.17. The van der Waals surface area contributed by atoms with E-state index >= 15 is 0 Å². The summed E-state index contributed by atoms with van der Waals surface area (Å²) in [7, 11) is 0. The van der Waals surface area contributed by atoms with Crippen molar-refractivity contribution >= 4 is 5.91 Å². The van der Waals surface area contributed by atoms with Gasteiger partial charge in [-0.3, -0.25) is 10.0 Å². The van der Waals surface area contributed by atoms with Gasteiger partial charge in [-0.1, -0.05) is 19.3 Å². The van der Waals surface area contributed by atoms with E-state index in [0.29, 0.717) is 12.5 Å². The molecule has 94 valence electrons. The third-order valence-electron chi connectivity index (χ3n) is 3.18. The molecule has 5 nitrogen and oxygen atoms in total. The molecule has 5 heteroatoms. The molecule has 1 atom stereocenters. The predicted molar refractivity (Wildman–Crippen MR) is 62.0 cm³/mol. The second kappa shape index (κ2) is 7.60. The molecule has 0 aliphatic heterocycles. The fourth-order valence-electron chi connectivity index (χ4n) is 2.15. The van der Waals surface area contributed by atoms with Crippen LogP contribution in [-0.2, 0) is 4.79 Å². The van der Waals surface area contributed by atoms with E-state index in [-0.39, 0.29) is 0 Å². The van der Waals surface area contributed by atoms with Crippen molar-refractivity contribution in [3.63, 3.8) is 0 Å². The molecule has 1 fully saturated rings. The van der Waals surface area contributed by atoms with Crippen molar-refractivity contribution in [2.75, 3.05) is 6.54 Å². The van der Waals surface area contributed by atoms with Gasteiger partial charge >= 0.3 is 0 Å². The average molecular weight is 229 g/mol. The van der Waals surface area contributed by atoms with Gasteiger partial charge in [0.05, 0.1) is 6.04 Å². The Kier molecular flexibility index (Phi) is 6.37. The first kappa shape index (κ1) is 13.4. The minimum absolute atomic E-state index is 0.502. The van der Waals surface area contributed by atoms with Crippen LogP contribution in [0.15, 0.2) is 0 Å². The topological polar surface area (TPSA) is 87.4 Å². The number of nitrogens with one attached hydrogen (secondary N) is 2. The van der Waals surface area contributed by atoms with Crippen LogP contribution in [0.1, 0.15) is 44.9 Å². The van der Waals surface area contributed by atoms with Gasteiger partial charge < -0.3 is 11.1 Å². The predicted octanol–water partition coefficient (Wildman–Crippen LogP) is 0.522. The van der Waals surface area contributed by atoms with Crippen molar-refractivity contribution < 1.29 is 10.0 Å². The van der Waals surface area contributed by atoms with E-state index in [4.69, 9.17) is 10.9 Å². The summed E-state index contributed by atoms with van der Waals surface area (Å²) in [6.45, 7) is 0.900. The molecule has 1 rings (SSSR count). The third-order valence-corrected chi connectivity index (χ3v) is 3.18. The number of hydrogen-bond donors (Lipinski definition) is 4. The summed E-state index contributed by atoms with van der Waals surface area (Å²) in [5.74, 6) is -0.502. The van der Waals surface area contributed by atoms with Crippen LogP contribution in [0, 0.1) is 0 Å². The molecule has 1 amide bonds. The van der Waals surface area contributed by atoms with Gasteiger partial charge in [-0.15, -0.1) is 0 Å². The lowest BCUT2D eigenvalue weighted by atomic mass is 9.95. The molecule has 0 aromatic heterocycles. The first-order valence-corrected chi connectivity index (χ1v) is 6.17. The molecule has 0 unspecified atom stereocenters. The quantitative estimate of drug-likeness (QED) is 0.304. The van der Waals surface area contributed by atoms with Crippen molar-refractivity contribution in [2.24, 2.45) is 5.73 Å². The highest BCUT2D eigenvalue weighted by molar-refractivity contribution is 5.80. The van der Waals surface area contributed by atoms with Crippen LogP contribution in [-0.4, -0.2) is 29.7 Å². The largest absolute Gasteiger partial charge is 0.320 e. The molecule has 16 heavy (non-hydrogen) atoms. The summed E-state index contributed by atoms with van der Waals surface area (Å²) in [5.41, 5.74) is 7.12. The van der Waals surface area contributed by atoms with Crippen LogP contribution in [0.25, 0.3) is 0 Å². The summed E-state index contributed by atoms with van der Waals surface area (Å²) in [6.07, 6.45) is 8.01. The molecule has 0 radical (unpaired) electrons. The maximum absolute atomic E-state index is 10.9. The number of hydrogen-bond acceptors (Lipinski definition) is 4. The highest BCUT2D eigenvalue weighted by Crippen LogP contribution is 2.17. The van der Waals surface area contributed by atoms with Crippen molar-refractivity contribution in [3.8, 4) is 0 Å². The minimum Gasteiger partial charge on any atom is -0.320 e. The Morgan fingerprint density at radius 3 is 2.69 bits per heavy atom. The van der Waals surface area contributed by atoms with Gasteiger partial charge in [0.15, 0.2) is 0 Å². The zero-order valence-corrected chi connectivity index (χ0v) is 9.74. The third kappa shape index (κ3) is 4.92. The summed E-state index contributed by atoms with van der Waals surface area (Å²) in [6, 6.07) is 0.0507. The first-order chi connectivity index (χ1) is 7.74. The van der Waals surface area contributed by atoms with E-state index in [2.05, 4.69) is 5.32 Å². The summed E-state index contributed by atoms with van der Waals surface area (Å²) in [5, 5.41) is 11.9. The standard InChI is InChI=1S/C11H23N3O2/c12-10(11(15)14-16)7-4-8-13-9-5-2-1-3-6-9/h9-10,13,16H,1-8,12H2,(H,14,15)/t10-/m0/s1. The lowest BCUT2D eigenvalue weighted by molar-refractivity contribution is -0.130. The molecule has 1 aliphatic carbocycles. The van der Waals surface area contributed by atoms with E-state index in [1.54, 1.807) is 5.48 Å². The van der Waals surface area contributed by atoms with Crippen LogP contribution in [0.4, 0.5) is 0 Å². The maximum atomic E-state index is 10.9. The molecule has 5 N–H and O–H groups in total. The number of hydroxylamine groups is 1. The normalized spacial score (nSPS) is 19.4. The number of rotatable bonds is 6. The van der Waals surface area contributed by atoms with E-state index < -0.39 is 11.9 Å². The van der Waals surface area contributed by atoms with E-state index in [1.807, 2.05) is 0 Å². The lowest BCUT2D eigenvalue weighted by Crippen LogP contribution is -2.39. The fourth-order valence-corrected chi connectivity index (χ4v) is 2.15. The molecule has 0 bridgehead atoms. The van der Waals surface area contributed by atoms with Gasteiger partial charge in [0.25, 0.3) is 5.91 Å². The molecule has 0 heterocycles. The maximum Gasteiger partial charge on any atom is 0.260 e. The van der Waals surface area contributed by atoms with E-state index in [1.165, 1.54) is 32.1 Å². The number of carbonyl (C=O) groups is 1. The Morgan fingerprint density at radius 1 is 1.38 bits per heavy atom. The number of amides is 1. The smallest absolute Gasteiger partial charge is 0.260 e. The second-order valence-electron chi connectivity index (χ2n) is 4.51. The second-order valence-corrected chi connectivity index (χ2v) is 4.51. The Bertz CT molecular complexity index is 205. The van der Waals surface area contributed by atoms with Gasteiger partial charge in [0, 0.05) is 6.04 Å². The highest BCUT2D eigenvalue weighted by Gasteiger charge is 2.14. The van der Waals surface area contributed by atoms with Crippen molar-refractivity contribution in [3.05, 3.63) is 0 Å². The Labute approximate surface area is 96.7 Å². The van der Waals surface area contributed by atoms with Crippen LogP contribution in [0.5, 0.6) is 0 Å². The molecule has 1 aliphatic rings. The highest BCUT2D eigenvalue weighted by atomic mass is 16.5. The summed E-state index contributed by atoms with van der Waals surface area (Å²) < 4.78 is 0. The number of carbonyl (C=O) groups excluding carboxylic acids is 1. The van der Waals surface area contributed by atoms with Gasteiger partial charge in [0.1, 0.15) is 0 Å². The van der Waals surface area contributed by atoms with Crippen LogP contribution in [0.2, 0.25) is 0 Å². The molecule has 0 aromatic carbocycles. The van der Waals surface area contributed by atoms with Crippen molar-refractivity contribution in [2.45, 2.75) is 57.0 Å². The van der Waals surface area contributed by atoms with E-state index in [0.717, 1.165) is 13.0 Å². The monoisotopic (exact) mass is 229 g/mol. The van der Waals surface area contributed by atoms with E-state index in [9.17, 15) is 4.79 Å². The average Bonchev–Trinajstić information content (AvgIpc) is 2.34. The molecule has 0 saturated heterocycles. The molecule has 0 aromatic rings. The SMILES string of the molecule is N[C@@H](CCCNC1CCCCC1)C(=O)NO. The fraction of sp³-hybridized carbons (Fsp3) is 0.909. The minimum atomic E-state index is -0.599. The van der Waals surface area contributed by atoms with Crippen molar-refractivity contribution in [1.82, 2.24) is 10.8 Å². The lowest BCUT2D eigenvalue weighted by Gasteiger charge is -2.23. The molecule has 1 saturated carbocycles. The Balaban J connectivity index is 2.00. The van der Waals surface area contributed by atoms with Gasteiger partial charge in [0.2, 0.25) is 0 Å². The van der Waals surface area contributed by atoms with Crippen LogP contribution in [0.3, 0.4) is 0 Å². The Morgan fingerprint density at radius 2 is 2.06 bits per heavy atom. The zero-order valence-electron chi connectivity index (χ0n) is 9.74. The van der Waals surface area contributed by atoms with Gasteiger partial charge in [-0.25, -0.2) is 5.48 Å².